The Bertz CT molecular complexity index is 1160. The van der Waals surface area contributed by atoms with Crippen molar-refractivity contribution in [3.63, 3.8) is 0 Å². The van der Waals surface area contributed by atoms with Crippen LogP contribution in [0, 0.1) is 17.8 Å². The van der Waals surface area contributed by atoms with Gasteiger partial charge in [0.15, 0.2) is 0 Å². The smallest absolute Gasteiger partial charge is 0.238 e. The number of carbonyl (C=O) groups excluding carboxylic acids is 2. The highest BCUT2D eigenvalue weighted by Gasteiger charge is 2.56. The fourth-order valence-corrected chi connectivity index (χ4v) is 6.13. The summed E-state index contributed by atoms with van der Waals surface area (Å²) in [5.74, 6) is 0.490. The molecule has 2 aliphatic heterocycles. The zero-order valence-corrected chi connectivity index (χ0v) is 20.4. The molecule has 184 valence electrons. The molecule has 2 saturated heterocycles. The number of nitrogens with zero attached hydrogens (tertiary/aromatic N) is 1. The van der Waals surface area contributed by atoms with Crippen LogP contribution in [0.2, 0.25) is 0 Å². The van der Waals surface area contributed by atoms with Crippen LogP contribution in [-0.2, 0) is 20.9 Å². The predicted octanol–water partition coefficient (Wildman–Crippen LogP) is 5.28. The summed E-state index contributed by atoms with van der Waals surface area (Å²) in [5.41, 5.74) is 4.38. The monoisotopic (exact) mass is 475 g/mol. The summed E-state index contributed by atoms with van der Waals surface area (Å²) >= 11 is 0. The number of aliphatic hydroxyl groups is 1. The van der Waals surface area contributed by atoms with Crippen molar-refractivity contribution in [2.75, 3.05) is 11.5 Å². The van der Waals surface area contributed by atoms with Gasteiger partial charge in [0.1, 0.15) is 18.1 Å². The molecule has 0 bridgehead atoms. The summed E-state index contributed by atoms with van der Waals surface area (Å²) in [6, 6.07) is 12.9. The first-order chi connectivity index (χ1) is 17.0. The van der Waals surface area contributed by atoms with Crippen molar-refractivity contribution in [3.05, 3.63) is 70.7 Å². The quantitative estimate of drug-likeness (QED) is 0.415. The first-order valence-electron chi connectivity index (χ1n) is 12.6. The molecule has 2 aromatic rings. The Balaban J connectivity index is 1.33. The molecule has 0 radical (unpaired) electrons. The van der Waals surface area contributed by atoms with E-state index in [1.54, 1.807) is 6.07 Å². The summed E-state index contributed by atoms with van der Waals surface area (Å²) in [6.45, 7) is 4.65. The van der Waals surface area contributed by atoms with Crippen LogP contribution < -0.4 is 4.90 Å². The first-order valence-corrected chi connectivity index (χ1v) is 12.6. The van der Waals surface area contributed by atoms with E-state index in [1.165, 1.54) is 21.6 Å². The molecule has 6 nitrogen and oxygen atoms in total. The van der Waals surface area contributed by atoms with Crippen LogP contribution in [0.5, 0.6) is 0 Å². The minimum Gasteiger partial charge on any atom is -0.459 e. The Labute approximate surface area is 206 Å². The molecule has 2 fully saturated rings. The average Bonchev–Trinajstić information content (AvgIpc) is 3.55. The van der Waals surface area contributed by atoms with Crippen molar-refractivity contribution in [2.24, 2.45) is 17.8 Å². The maximum Gasteiger partial charge on any atom is 0.238 e. The highest BCUT2D eigenvalue weighted by atomic mass is 16.5. The zero-order valence-electron chi connectivity index (χ0n) is 20.4. The lowest BCUT2D eigenvalue weighted by Gasteiger charge is -2.30. The summed E-state index contributed by atoms with van der Waals surface area (Å²) in [4.78, 5) is 28.1. The number of furan rings is 1. The Morgan fingerprint density at radius 1 is 1.09 bits per heavy atom. The minimum atomic E-state index is -0.336. The van der Waals surface area contributed by atoms with Crippen molar-refractivity contribution < 1.29 is 23.8 Å². The Morgan fingerprint density at radius 3 is 2.60 bits per heavy atom. The number of allylic oxidation sites excluding steroid dienone is 2. The van der Waals surface area contributed by atoms with Gasteiger partial charge in [-0.1, -0.05) is 42.7 Å². The van der Waals surface area contributed by atoms with Crippen LogP contribution in [0.4, 0.5) is 5.69 Å². The summed E-state index contributed by atoms with van der Waals surface area (Å²) < 4.78 is 11.9. The molecule has 3 heterocycles. The number of ether oxygens (including phenoxy) is 1. The summed E-state index contributed by atoms with van der Waals surface area (Å²) in [6.07, 6.45) is 6.37. The first kappa shape index (κ1) is 23.8. The number of rotatable bonds is 8. The van der Waals surface area contributed by atoms with E-state index in [0.717, 1.165) is 31.4 Å². The fourth-order valence-electron chi connectivity index (χ4n) is 6.13. The molecule has 0 unspecified atom stereocenters. The van der Waals surface area contributed by atoms with Gasteiger partial charge in [-0.3, -0.25) is 14.5 Å². The second-order valence-electron chi connectivity index (χ2n) is 9.90. The second kappa shape index (κ2) is 9.96. The molecule has 2 amide bonds. The molecule has 6 heteroatoms. The SMILES string of the molecule is CCC/C(=C\c1ccc(CO)o1)CC[C@H]1OC[C@H]2C1=C(C)C[C@H]1C(=O)N(c3ccccc3)C(=O)[C@H]12. The molecule has 1 aliphatic carbocycles. The lowest BCUT2D eigenvalue weighted by molar-refractivity contribution is -0.122. The lowest BCUT2D eigenvalue weighted by atomic mass is 9.70. The number of carbonyl (C=O) groups is 2. The number of anilines is 1. The zero-order chi connectivity index (χ0) is 24.5. The Kier molecular flexibility index (Phi) is 6.76. The van der Waals surface area contributed by atoms with E-state index >= 15 is 0 Å². The van der Waals surface area contributed by atoms with Gasteiger partial charge >= 0.3 is 0 Å². The molecular formula is C29H33NO5. The van der Waals surface area contributed by atoms with Gasteiger partial charge in [0.05, 0.1) is 30.2 Å². The Hall–Kier alpha value is -2.96. The van der Waals surface area contributed by atoms with Crippen LogP contribution in [0.25, 0.3) is 6.08 Å². The highest BCUT2D eigenvalue weighted by molar-refractivity contribution is 6.22. The van der Waals surface area contributed by atoms with Crippen LogP contribution in [-0.4, -0.2) is 29.6 Å². The molecule has 1 aromatic carbocycles. The van der Waals surface area contributed by atoms with E-state index in [1.807, 2.05) is 36.4 Å². The molecule has 1 N–H and O–H groups in total. The van der Waals surface area contributed by atoms with E-state index in [9.17, 15) is 14.7 Å². The molecule has 1 aromatic heterocycles. The van der Waals surface area contributed by atoms with Crippen molar-refractivity contribution in [2.45, 2.75) is 58.7 Å². The Morgan fingerprint density at radius 2 is 1.89 bits per heavy atom. The van der Waals surface area contributed by atoms with Crippen molar-refractivity contribution in [1.82, 2.24) is 0 Å². The van der Waals surface area contributed by atoms with E-state index in [4.69, 9.17) is 9.15 Å². The summed E-state index contributed by atoms with van der Waals surface area (Å²) in [5, 5.41) is 9.27. The van der Waals surface area contributed by atoms with Crippen LogP contribution in [0.15, 0.2) is 63.6 Å². The maximum atomic E-state index is 13.5. The van der Waals surface area contributed by atoms with Gasteiger partial charge in [0.25, 0.3) is 0 Å². The number of benzene rings is 1. The molecule has 0 spiro atoms. The largest absolute Gasteiger partial charge is 0.459 e. The molecule has 3 aliphatic rings. The maximum absolute atomic E-state index is 13.5. The van der Waals surface area contributed by atoms with Gasteiger partial charge < -0.3 is 14.3 Å². The van der Waals surface area contributed by atoms with Gasteiger partial charge in [-0.05, 0) is 68.5 Å². The predicted molar refractivity (Wildman–Crippen MR) is 133 cm³/mol. The second-order valence-corrected chi connectivity index (χ2v) is 9.90. The van der Waals surface area contributed by atoms with Gasteiger partial charge in [-0.25, -0.2) is 0 Å². The number of aliphatic hydroxyl groups excluding tert-OH is 1. The van der Waals surface area contributed by atoms with Crippen LogP contribution in [0.1, 0.15) is 57.5 Å². The van der Waals surface area contributed by atoms with Crippen molar-refractivity contribution in [1.29, 1.82) is 0 Å². The van der Waals surface area contributed by atoms with E-state index in [-0.39, 0.29) is 42.3 Å². The minimum absolute atomic E-state index is 0.0281. The molecule has 4 atom stereocenters. The third-order valence-corrected chi connectivity index (χ3v) is 7.65. The normalized spacial score (nSPS) is 26.5. The molecular weight excluding hydrogens is 442 g/mol. The lowest BCUT2D eigenvalue weighted by Crippen LogP contribution is -2.34. The van der Waals surface area contributed by atoms with Gasteiger partial charge in [0, 0.05) is 5.92 Å². The van der Waals surface area contributed by atoms with Crippen LogP contribution in [0.3, 0.4) is 0 Å². The van der Waals surface area contributed by atoms with Gasteiger partial charge in [-0.2, -0.15) is 0 Å². The van der Waals surface area contributed by atoms with Gasteiger partial charge in [0.2, 0.25) is 11.8 Å². The summed E-state index contributed by atoms with van der Waals surface area (Å²) in [7, 11) is 0. The number of fused-ring (bicyclic) bond motifs is 3. The third-order valence-electron chi connectivity index (χ3n) is 7.65. The van der Waals surface area contributed by atoms with Crippen LogP contribution >= 0.6 is 0 Å². The molecule has 35 heavy (non-hydrogen) atoms. The highest BCUT2D eigenvalue weighted by Crippen LogP contribution is 2.50. The number of hydrogen-bond donors (Lipinski definition) is 1. The number of amides is 2. The van der Waals surface area contributed by atoms with Crippen molar-refractivity contribution >= 4 is 23.6 Å². The molecule has 0 saturated carbocycles. The number of hydrogen-bond acceptors (Lipinski definition) is 5. The topological polar surface area (TPSA) is 80.0 Å². The van der Waals surface area contributed by atoms with E-state index in [0.29, 0.717) is 24.5 Å². The van der Waals surface area contributed by atoms with E-state index in [2.05, 4.69) is 19.9 Å². The molecule has 5 rings (SSSR count). The van der Waals surface area contributed by atoms with Gasteiger partial charge in [-0.15, -0.1) is 0 Å². The van der Waals surface area contributed by atoms with Crippen molar-refractivity contribution in [3.8, 4) is 0 Å². The van der Waals surface area contributed by atoms with E-state index < -0.39 is 0 Å². The third kappa shape index (κ3) is 4.41. The standard InChI is InChI=1S/C29H33NO5/c1-3-7-19(15-21-11-12-22(16-31)35-21)10-13-25-26-18(2)14-23-27(24(26)17-34-25)29(33)30(28(23)32)20-8-5-4-6-9-20/h4-6,8-9,11-12,15,23-25,27,31H,3,7,10,13-14,16-17H2,1-2H3/b19-15+/t23-,24+,25-,27-/m1/s1. The fraction of sp³-hybridized carbons (Fsp3) is 0.448. The number of para-hydroxylation sites is 1. The average molecular weight is 476 g/mol. The number of imide groups is 1.